The molecule has 5 nitrogen and oxygen atoms in total. The van der Waals surface area contributed by atoms with E-state index in [-0.39, 0.29) is 11.9 Å². The van der Waals surface area contributed by atoms with Crippen LogP contribution >= 0.6 is 11.3 Å². The van der Waals surface area contributed by atoms with E-state index < -0.39 is 0 Å². The summed E-state index contributed by atoms with van der Waals surface area (Å²) in [6, 6.07) is -0.168. The molecule has 1 aromatic rings. The summed E-state index contributed by atoms with van der Waals surface area (Å²) in [6.45, 7) is 5.41. The highest BCUT2D eigenvalue weighted by atomic mass is 32.1. The second kappa shape index (κ2) is 4.80. The third kappa shape index (κ3) is 2.33. The number of anilines is 1. The first-order valence-corrected chi connectivity index (χ1v) is 6.24. The number of aromatic nitrogens is 1. The Balaban J connectivity index is 1.90. The van der Waals surface area contributed by atoms with Gasteiger partial charge >= 0.3 is 0 Å². The molecule has 1 saturated heterocycles. The summed E-state index contributed by atoms with van der Waals surface area (Å²) >= 11 is 1.65. The fourth-order valence-electron chi connectivity index (χ4n) is 1.85. The van der Waals surface area contributed by atoms with E-state index >= 15 is 0 Å². The van der Waals surface area contributed by atoms with Gasteiger partial charge in [-0.1, -0.05) is 0 Å². The minimum Gasteiger partial charge on any atom is -0.368 e. The van der Waals surface area contributed by atoms with Crippen molar-refractivity contribution in [2.24, 2.45) is 5.73 Å². The van der Waals surface area contributed by atoms with Gasteiger partial charge in [0.1, 0.15) is 0 Å². The fourth-order valence-corrected chi connectivity index (χ4v) is 2.55. The van der Waals surface area contributed by atoms with E-state index in [9.17, 15) is 4.79 Å². The predicted molar refractivity (Wildman–Crippen MR) is 64.6 cm³/mol. The van der Waals surface area contributed by atoms with Gasteiger partial charge in [0.2, 0.25) is 5.91 Å². The number of rotatable bonds is 3. The second-order valence-corrected chi connectivity index (χ2v) is 4.79. The van der Waals surface area contributed by atoms with E-state index in [4.69, 9.17) is 5.73 Å². The van der Waals surface area contributed by atoms with Crippen LogP contribution in [0.4, 0.5) is 5.13 Å². The Hall–Kier alpha value is -1.14. The summed E-state index contributed by atoms with van der Waals surface area (Å²) in [7, 11) is 0. The Labute approximate surface area is 98.9 Å². The van der Waals surface area contributed by atoms with E-state index in [1.807, 2.05) is 18.5 Å². The third-order valence-electron chi connectivity index (χ3n) is 2.96. The molecule has 0 bridgehead atoms. The van der Waals surface area contributed by atoms with E-state index in [0.717, 1.165) is 31.3 Å². The van der Waals surface area contributed by atoms with E-state index in [1.165, 1.54) is 0 Å². The third-order valence-corrected chi connectivity index (χ3v) is 3.80. The molecule has 1 aliphatic rings. The zero-order valence-electron chi connectivity index (χ0n) is 9.30. The van der Waals surface area contributed by atoms with Crippen molar-refractivity contribution in [3.63, 3.8) is 0 Å². The second-order valence-electron chi connectivity index (χ2n) is 3.92. The molecule has 1 fully saturated rings. The molecule has 1 atom stereocenters. The van der Waals surface area contributed by atoms with Crippen LogP contribution in [0.25, 0.3) is 0 Å². The topological polar surface area (TPSA) is 62.5 Å². The summed E-state index contributed by atoms with van der Waals surface area (Å²) in [5.41, 5.74) is 5.29. The predicted octanol–water partition coefficient (Wildman–Crippen LogP) is 0.139. The van der Waals surface area contributed by atoms with Crippen molar-refractivity contribution < 1.29 is 4.79 Å². The van der Waals surface area contributed by atoms with Crippen LogP contribution in [0.3, 0.4) is 0 Å². The fraction of sp³-hybridized carbons (Fsp3) is 0.600. The van der Waals surface area contributed by atoms with Crippen molar-refractivity contribution in [2.45, 2.75) is 13.0 Å². The molecule has 16 heavy (non-hydrogen) atoms. The Kier molecular flexibility index (Phi) is 3.40. The van der Waals surface area contributed by atoms with Gasteiger partial charge in [0, 0.05) is 37.8 Å². The van der Waals surface area contributed by atoms with Crippen molar-refractivity contribution in [3.8, 4) is 0 Å². The van der Waals surface area contributed by atoms with E-state index in [0.29, 0.717) is 0 Å². The van der Waals surface area contributed by atoms with Crippen molar-refractivity contribution >= 4 is 22.4 Å². The average molecular weight is 240 g/mol. The number of hydrogen-bond donors (Lipinski definition) is 1. The van der Waals surface area contributed by atoms with E-state index in [2.05, 4.69) is 14.8 Å². The van der Waals surface area contributed by atoms with Crippen LogP contribution in [0.5, 0.6) is 0 Å². The van der Waals surface area contributed by atoms with Crippen LogP contribution in [-0.2, 0) is 4.79 Å². The lowest BCUT2D eigenvalue weighted by molar-refractivity contribution is -0.122. The van der Waals surface area contributed by atoms with Gasteiger partial charge < -0.3 is 10.6 Å². The molecule has 1 unspecified atom stereocenters. The molecule has 0 saturated carbocycles. The first-order chi connectivity index (χ1) is 7.68. The number of hydrogen-bond acceptors (Lipinski definition) is 5. The smallest absolute Gasteiger partial charge is 0.234 e. The lowest BCUT2D eigenvalue weighted by atomic mass is 10.2. The summed E-state index contributed by atoms with van der Waals surface area (Å²) in [6.07, 6.45) is 1.82. The Bertz CT molecular complexity index is 346. The Morgan fingerprint density at radius 1 is 1.50 bits per heavy atom. The number of carbonyl (C=O) groups excluding carboxylic acids is 1. The zero-order chi connectivity index (χ0) is 11.5. The molecule has 0 radical (unpaired) electrons. The molecule has 0 aromatic carbocycles. The maximum atomic E-state index is 11.1. The maximum Gasteiger partial charge on any atom is 0.234 e. The zero-order valence-corrected chi connectivity index (χ0v) is 10.1. The van der Waals surface area contributed by atoms with Gasteiger partial charge in [0.05, 0.1) is 6.04 Å². The molecule has 1 amide bonds. The van der Waals surface area contributed by atoms with Crippen LogP contribution < -0.4 is 10.6 Å². The Morgan fingerprint density at radius 3 is 2.69 bits per heavy atom. The number of carbonyl (C=O) groups is 1. The Morgan fingerprint density at radius 2 is 2.19 bits per heavy atom. The standard InChI is InChI=1S/C10H16N4OS/c1-8(9(11)15)13-3-5-14(6-4-13)10-12-2-7-16-10/h2,7-8H,3-6H2,1H3,(H2,11,15). The first-order valence-electron chi connectivity index (χ1n) is 5.36. The molecular formula is C10H16N4OS. The van der Waals surface area contributed by atoms with Crippen molar-refractivity contribution in [2.75, 3.05) is 31.1 Å². The highest BCUT2D eigenvalue weighted by Crippen LogP contribution is 2.19. The van der Waals surface area contributed by atoms with Gasteiger partial charge in [0.15, 0.2) is 5.13 Å². The summed E-state index contributed by atoms with van der Waals surface area (Å²) in [5, 5.41) is 3.04. The SMILES string of the molecule is CC(C(N)=O)N1CCN(c2nccs2)CC1. The van der Waals surface area contributed by atoms with Crippen molar-refractivity contribution in [3.05, 3.63) is 11.6 Å². The molecule has 0 spiro atoms. The summed E-state index contributed by atoms with van der Waals surface area (Å²) < 4.78 is 0. The van der Waals surface area contributed by atoms with Crippen molar-refractivity contribution in [1.29, 1.82) is 0 Å². The average Bonchev–Trinajstić information content (AvgIpc) is 2.81. The minimum atomic E-state index is -0.248. The summed E-state index contributed by atoms with van der Waals surface area (Å²) in [4.78, 5) is 19.7. The molecule has 1 aromatic heterocycles. The van der Waals surface area contributed by atoms with Gasteiger partial charge in [-0.3, -0.25) is 9.69 Å². The largest absolute Gasteiger partial charge is 0.368 e. The van der Waals surface area contributed by atoms with Crippen molar-refractivity contribution in [1.82, 2.24) is 9.88 Å². The minimum absolute atomic E-state index is 0.168. The van der Waals surface area contributed by atoms with Crippen LogP contribution in [-0.4, -0.2) is 48.0 Å². The molecule has 6 heteroatoms. The van der Waals surface area contributed by atoms with Crippen LogP contribution in [0.2, 0.25) is 0 Å². The summed E-state index contributed by atoms with van der Waals surface area (Å²) in [5.74, 6) is -0.248. The van der Waals surface area contributed by atoms with Gasteiger partial charge in [-0.2, -0.15) is 0 Å². The molecule has 2 rings (SSSR count). The van der Waals surface area contributed by atoms with Gasteiger partial charge in [-0.05, 0) is 6.92 Å². The van der Waals surface area contributed by atoms with Crippen LogP contribution in [0.15, 0.2) is 11.6 Å². The monoisotopic (exact) mass is 240 g/mol. The van der Waals surface area contributed by atoms with Crippen LogP contribution in [0.1, 0.15) is 6.92 Å². The quantitative estimate of drug-likeness (QED) is 0.816. The number of piperazine rings is 1. The lowest BCUT2D eigenvalue weighted by Crippen LogP contribution is -2.53. The highest BCUT2D eigenvalue weighted by Gasteiger charge is 2.24. The molecule has 88 valence electrons. The number of primary amides is 1. The number of nitrogens with two attached hydrogens (primary N) is 1. The number of amides is 1. The number of thiazole rings is 1. The van der Waals surface area contributed by atoms with Gasteiger partial charge in [-0.15, -0.1) is 11.3 Å². The lowest BCUT2D eigenvalue weighted by Gasteiger charge is -2.36. The van der Waals surface area contributed by atoms with Crippen LogP contribution in [0, 0.1) is 0 Å². The molecule has 0 aliphatic carbocycles. The van der Waals surface area contributed by atoms with Gasteiger partial charge in [0.25, 0.3) is 0 Å². The maximum absolute atomic E-state index is 11.1. The normalized spacial score (nSPS) is 19.7. The number of nitrogens with zero attached hydrogens (tertiary/aromatic N) is 3. The first kappa shape index (κ1) is 11.3. The molecule has 2 heterocycles. The molecular weight excluding hydrogens is 224 g/mol. The van der Waals surface area contributed by atoms with E-state index in [1.54, 1.807) is 11.3 Å². The molecule has 1 aliphatic heterocycles. The highest BCUT2D eigenvalue weighted by molar-refractivity contribution is 7.13. The van der Waals surface area contributed by atoms with Gasteiger partial charge in [-0.25, -0.2) is 4.98 Å². The molecule has 2 N–H and O–H groups in total.